The molecule has 0 fully saturated rings. The second-order valence-electron chi connectivity index (χ2n) is 4.72. The molecule has 0 aliphatic heterocycles. The van der Waals surface area contributed by atoms with E-state index in [2.05, 4.69) is 4.98 Å². The van der Waals surface area contributed by atoms with E-state index < -0.39 is 5.97 Å². The van der Waals surface area contributed by atoms with Crippen LogP contribution in [0.4, 0.5) is 5.69 Å². The van der Waals surface area contributed by atoms with Crippen molar-refractivity contribution in [1.29, 1.82) is 0 Å². The van der Waals surface area contributed by atoms with Crippen LogP contribution < -0.4 is 5.73 Å². The normalized spacial score (nSPS) is 10.8. The first kappa shape index (κ1) is 13.2. The molecule has 106 valence electrons. The van der Waals surface area contributed by atoms with Crippen molar-refractivity contribution in [2.75, 3.05) is 12.8 Å². The topological polar surface area (TPSA) is 78.4 Å². The van der Waals surface area contributed by atoms with Crippen LogP contribution in [0.15, 0.2) is 40.8 Å². The maximum Gasteiger partial charge on any atom is 0.337 e. The molecule has 1 heterocycles. The molecular formula is C16H14N2O3. The van der Waals surface area contributed by atoms with Crippen molar-refractivity contribution in [2.45, 2.75) is 6.92 Å². The number of nitrogens with two attached hydrogens (primary N) is 1. The molecule has 3 aromatic rings. The highest BCUT2D eigenvalue weighted by atomic mass is 16.5. The van der Waals surface area contributed by atoms with Crippen LogP contribution in [0.25, 0.3) is 22.2 Å². The highest BCUT2D eigenvalue weighted by Gasteiger charge is 2.16. The Balaban J connectivity index is 2.28. The Labute approximate surface area is 121 Å². The van der Waals surface area contributed by atoms with Crippen LogP contribution >= 0.6 is 0 Å². The molecule has 0 aliphatic rings. The van der Waals surface area contributed by atoms with Gasteiger partial charge in [-0.1, -0.05) is 12.1 Å². The molecule has 5 nitrogen and oxygen atoms in total. The van der Waals surface area contributed by atoms with Crippen LogP contribution in [-0.2, 0) is 4.74 Å². The monoisotopic (exact) mass is 282 g/mol. The summed E-state index contributed by atoms with van der Waals surface area (Å²) in [6.07, 6.45) is 0. The molecule has 1 aromatic heterocycles. The van der Waals surface area contributed by atoms with Crippen molar-refractivity contribution in [2.24, 2.45) is 0 Å². The highest BCUT2D eigenvalue weighted by Crippen LogP contribution is 2.31. The van der Waals surface area contributed by atoms with E-state index in [9.17, 15) is 4.79 Å². The number of carbonyl (C=O) groups is 1. The van der Waals surface area contributed by atoms with E-state index in [-0.39, 0.29) is 0 Å². The van der Waals surface area contributed by atoms with Crippen LogP contribution in [0.5, 0.6) is 0 Å². The van der Waals surface area contributed by atoms with Gasteiger partial charge in [0.15, 0.2) is 11.5 Å². The lowest BCUT2D eigenvalue weighted by Crippen LogP contribution is -2.01. The lowest BCUT2D eigenvalue weighted by Gasteiger charge is -2.06. The summed E-state index contributed by atoms with van der Waals surface area (Å²) in [5.41, 5.74) is 9.78. The summed E-state index contributed by atoms with van der Waals surface area (Å²) < 4.78 is 10.4. The summed E-state index contributed by atoms with van der Waals surface area (Å²) in [5.74, 6) is 0.137. The number of aromatic nitrogens is 1. The minimum Gasteiger partial charge on any atom is -0.465 e. The molecule has 3 rings (SSSR count). The number of hydrogen-bond donors (Lipinski definition) is 1. The quantitative estimate of drug-likeness (QED) is 0.577. The van der Waals surface area contributed by atoms with Gasteiger partial charge in [-0.2, -0.15) is 0 Å². The molecule has 0 amide bonds. The summed E-state index contributed by atoms with van der Waals surface area (Å²) in [7, 11) is 1.35. The van der Waals surface area contributed by atoms with Gasteiger partial charge in [0.1, 0.15) is 5.52 Å². The van der Waals surface area contributed by atoms with Crippen LogP contribution in [0.3, 0.4) is 0 Å². The number of oxazole rings is 1. The van der Waals surface area contributed by atoms with Gasteiger partial charge in [-0.15, -0.1) is 0 Å². The number of nitrogen functional groups attached to an aromatic ring is 1. The maximum absolute atomic E-state index is 11.8. The Morgan fingerprint density at radius 1 is 1.24 bits per heavy atom. The Morgan fingerprint density at radius 2 is 1.95 bits per heavy atom. The molecular weight excluding hydrogens is 268 g/mol. The largest absolute Gasteiger partial charge is 0.465 e. The number of ether oxygens (including phenoxy) is 1. The van der Waals surface area contributed by atoms with Gasteiger partial charge in [0, 0.05) is 18.2 Å². The number of aryl methyl sites for hydroxylation is 1. The third-order valence-electron chi connectivity index (χ3n) is 3.24. The number of nitrogens with zero attached hydrogens (tertiary/aromatic N) is 1. The molecule has 0 bridgehead atoms. The minimum absolute atomic E-state index is 0.408. The second-order valence-corrected chi connectivity index (χ2v) is 4.72. The van der Waals surface area contributed by atoms with Crippen LogP contribution in [0.1, 0.15) is 16.2 Å². The standard InChI is InChI=1S/C16H14N2O3/c1-9-18-14-8-11(16(19)20-2)7-13(15(14)21-9)10-3-5-12(17)6-4-10/h3-8H,17H2,1-2H3. The van der Waals surface area contributed by atoms with Crippen LogP contribution in [-0.4, -0.2) is 18.1 Å². The zero-order valence-electron chi connectivity index (χ0n) is 11.7. The Bertz CT molecular complexity index is 819. The molecule has 0 radical (unpaired) electrons. The molecule has 0 saturated carbocycles. The molecule has 0 spiro atoms. The Hall–Kier alpha value is -2.82. The van der Waals surface area contributed by atoms with Crippen LogP contribution in [0.2, 0.25) is 0 Å². The summed E-state index contributed by atoms with van der Waals surface area (Å²) in [6.45, 7) is 1.77. The van der Waals surface area contributed by atoms with Gasteiger partial charge in [-0.05, 0) is 29.8 Å². The fourth-order valence-corrected chi connectivity index (χ4v) is 2.26. The van der Waals surface area contributed by atoms with E-state index in [1.54, 1.807) is 31.2 Å². The van der Waals surface area contributed by atoms with Gasteiger partial charge >= 0.3 is 5.97 Å². The average Bonchev–Trinajstić information content (AvgIpc) is 2.86. The van der Waals surface area contributed by atoms with E-state index in [1.807, 2.05) is 12.1 Å². The molecule has 2 aromatic carbocycles. The van der Waals surface area contributed by atoms with Gasteiger partial charge in [0.2, 0.25) is 0 Å². The lowest BCUT2D eigenvalue weighted by atomic mass is 10.0. The smallest absolute Gasteiger partial charge is 0.337 e. The maximum atomic E-state index is 11.8. The number of anilines is 1. The zero-order valence-corrected chi connectivity index (χ0v) is 11.7. The third kappa shape index (κ3) is 2.33. The van der Waals surface area contributed by atoms with Crippen molar-refractivity contribution >= 4 is 22.8 Å². The van der Waals surface area contributed by atoms with Crippen molar-refractivity contribution in [1.82, 2.24) is 4.98 Å². The number of esters is 1. The van der Waals surface area contributed by atoms with E-state index >= 15 is 0 Å². The minimum atomic E-state index is -0.408. The first-order chi connectivity index (χ1) is 10.1. The molecule has 0 unspecified atom stereocenters. The van der Waals surface area contributed by atoms with Crippen molar-refractivity contribution in [3.05, 3.63) is 47.9 Å². The average molecular weight is 282 g/mol. The molecule has 2 N–H and O–H groups in total. The number of benzene rings is 2. The number of fused-ring (bicyclic) bond motifs is 1. The first-order valence-corrected chi connectivity index (χ1v) is 6.44. The fourth-order valence-electron chi connectivity index (χ4n) is 2.26. The molecule has 0 saturated heterocycles. The third-order valence-corrected chi connectivity index (χ3v) is 3.24. The van der Waals surface area contributed by atoms with E-state index in [4.69, 9.17) is 14.9 Å². The van der Waals surface area contributed by atoms with Gasteiger partial charge in [0.25, 0.3) is 0 Å². The Kier molecular flexibility index (Phi) is 3.10. The van der Waals surface area contributed by atoms with Crippen LogP contribution in [0, 0.1) is 6.92 Å². The van der Waals surface area contributed by atoms with Gasteiger partial charge in [0.05, 0.1) is 12.7 Å². The van der Waals surface area contributed by atoms with E-state index in [1.165, 1.54) is 7.11 Å². The first-order valence-electron chi connectivity index (χ1n) is 6.44. The summed E-state index contributed by atoms with van der Waals surface area (Å²) in [6, 6.07) is 10.8. The number of methoxy groups -OCH3 is 1. The molecule has 0 aliphatic carbocycles. The molecule has 0 atom stereocenters. The predicted molar refractivity (Wildman–Crippen MR) is 79.9 cm³/mol. The predicted octanol–water partition coefficient (Wildman–Crippen LogP) is 3.17. The summed E-state index contributed by atoms with van der Waals surface area (Å²) >= 11 is 0. The molecule has 21 heavy (non-hydrogen) atoms. The van der Waals surface area contributed by atoms with Crippen molar-refractivity contribution in [3.63, 3.8) is 0 Å². The zero-order chi connectivity index (χ0) is 15.0. The second kappa shape index (κ2) is 4.94. The highest BCUT2D eigenvalue weighted by molar-refractivity contribution is 5.99. The Morgan fingerprint density at radius 3 is 2.62 bits per heavy atom. The van der Waals surface area contributed by atoms with Gasteiger partial charge in [-0.25, -0.2) is 9.78 Å². The van der Waals surface area contributed by atoms with E-state index in [0.717, 1.165) is 11.1 Å². The lowest BCUT2D eigenvalue weighted by molar-refractivity contribution is 0.0601. The molecule has 5 heteroatoms. The van der Waals surface area contributed by atoms with Crippen molar-refractivity contribution < 1.29 is 13.9 Å². The van der Waals surface area contributed by atoms with Gasteiger partial charge in [-0.3, -0.25) is 0 Å². The van der Waals surface area contributed by atoms with Gasteiger partial charge < -0.3 is 14.9 Å². The number of rotatable bonds is 2. The fraction of sp³-hybridized carbons (Fsp3) is 0.125. The SMILES string of the molecule is COC(=O)c1cc(-c2ccc(N)cc2)c2oc(C)nc2c1. The summed E-state index contributed by atoms with van der Waals surface area (Å²) in [4.78, 5) is 16.1. The van der Waals surface area contributed by atoms with E-state index in [0.29, 0.717) is 28.2 Å². The number of hydrogen-bond acceptors (Lipinski definition) is 5. The number of carbonyl (C=O) groups excluding carboxylic acids is 1. The van der Waals surface area contributed by atoms with Crippen molar-refractivity contribution in [3.8, 4) is 11.1 Å². The summed E-state index contributed by atoms with van der Waals surface area (Å²) in [5, 5.41) is 0.